The van der Waals surface area contributed by atoms with Crippen LogP contribution in [0.5, 0.6) is 0 Å². The van der Waals surface area contributed by atoms with Crippen molar-refractivity contribution >= 4 is 15.9 Å². The summed E-state index contributed by atoms with van der Waals surface area (Å²) < 4.78 is 13.1. The largest absolute Gasteiger partial charge is 0.207 e. The molecule has 1 rings (SSSR count). The first kappa shape index (κ1) is 14.7. The minimum absolute atomic E-state index is 0.127. The summed E-state index contributed by atoms with van der Waals surface area (Å²) in [6.07, 6.45) is 4.75. The zero-order chi connectivity index (χ0) is 12.7. The van der Waals surface area contributed by atoms with Gasteiger partial charge in [0.1, 0.15) is 5.82 Å². The molecule has 0 bridgehead atoms. The highest BCUT2D eigenvalue weighted by Gasteiger charge is 2.09. The van der Waals surface area contributed by atoms with Gasteiger partial charge in [-0.25, -0.2) is 4.39 Å². The minimum atomic E-state index is -0.127. The Balaban J connectivity index is 2.41. The van der Waals surface area contributed by atoms with Gasteiger partial charge in [0.05, 0.1) is 0 Å². The molecule has 0 fully saturated rings. The van der Waals surface area contributed by atoms with Gasteiger partial charge in [-0.1, -0.05) is 54.8 Å². The van der Waals surface area contributed by atoms with Crippen LogP contribution >= 0.6 is 15.9 Å². The third kappa shape index (κ3) is 6.21. The highest BCUT2D eigenvalue weighted by molar-refractivity contribution is 9.09. The Bertz CT molecular complexity index is 322. The van der Waals surface area contributed by atoms with E-state index in [0.29, 0.717) is 5.92 Å². The molecule has 1 unspecified atom stereocenters. The van der Waals surface area contributed by atoms with Crippen LogP contribution in [0.25, 0.3) is 0 Å². The molecule has 0 spiro atoms. The lowest BCUT2D eigenvalue weighted by atomic mass is 9.94. The quantitative estimate of drug-likeness (QED) is 0.607. The van der Waals surface area contributed by atoms with Crippen molar-refractivity contribution in [2.75, 3.05) is 5.33 Å². The lowest BCUT2D eigenvalue weighted by Gasteiger charge is -2.14. The Morgan fingerprint density at radius 1 is 1.24 bits per heavy atom. The van der Waals surface area contributed by atoms with Crippen molar-refractivity contribution in [3.8, 4) is 0 Å². The second kappa shape index (κ2) is 7.86. The van der Waals surface area contributed by atoms with E-state index >= 15 is 0 Å². The van der Waals surface area contributed by atoms with Gasteiger partial charge in [0, 0.05) is 5.33 Å². The predicted octanol–water partition coefficient (Wildman–Crippen LogP) is 5.21. The van der Waals surface area contributed by atoms with Crippen LogP contribution < -0.4 is 0 Å². The fourth-order valence-electron chi connectivity index (χ4n) is 2.05. The first-order valence-electron chi connectivity index (χ1n) is 6.42. The third-order valence-electron chi connectivity index (χ3n) is 3.03. The molecule has 0 amide bonds. The van der Waals surface area contributed by atoms with Crippen molar-refractivity contribution in [1.82, 2.24) is 0 Å². The van der Waals surface area contributed by atoms with E-state index in [-0.39, 0.29) is 5.82 Å². The third-order valence-corrected chi connectivity index (χ3v) is 3.94. The fourth-order valence-corrected chi connectivity index (χ4v) is 2.60. The summed E-state index contributed by atoms with van der Waals surface area (Å²) in [5.41, 5.74) is 1.11. The van der Waals surface area contributed by atoms with Crippen molar-refractivity contribution in [3.05, 3.63) is 35.6 Å². The fraction of sp³-hybridized carbons (Fsp3) is 0.600. The van der Waals surface area contributed by atoms with Crippen LogP contribution in [0.2, 0.25) is 0 Å². The molecule has 0 aromatic heterocycles. The molecule has 0 saturated heterocycles. The first-order chi connectivity index (χ1) is 8.11. The van der Waals surface area contributed by atoms with Crippen LogP contribution in [0.4, 0.5) is 4.39 Å². The van der Waals surface area contributed by atoms with Gasteiger partial charge < -0.3 is 0 Å². The molecule has 0 saturated carbocycles. The molecule has 1 atom stereocenters. The zero-order valence-corrected chi connectivity index (χ0v) is 12.3. The second-order valence-corrected chi connectivity index (χ2v) is 5.83. The van der Waals surface area contributed by atoms with Crippen LogP contribution in [-0.4, -0.2) is 5.33 Å². The van der Waals surface area contributed by atoms with Crippen molar-refractivity contribution in [1.29, 1.82) is 0 Å². The van der Waals surface area contributed by atoms with E-state index in [9.17, 15) is 4.39 Å². The zero-order valence-electron chi connectivity index (χ0n) is 10.8. The molecular formula is C15H22BrF. The molecule has 0 aliphatic rings. The smallest absolute Gasteiger partial charge is 0.123 e. The number of hydrogen-bond donors (Lipinski definition) is 0. The van der Waals surface area contributed by atoms with Gasteiger partial charge in [-0.15, -0.1) is 0 Å². The molecular weight excluding hydrogens is 279 g/mol. The molecule has 0 aliphatic heterocycles. The Kier molecular flexibility index (Phi) is 6.79. The van der Waals surface area contributed by atoms with Crippen molar-refractivity contribution in [2.45, 2.75) is 39.5 Å². The molecule has 2 heteroatoms. The van der Waals surface area contributed by atoms with Gasteiger partial charge in [0.15, 0.2) is 0 Å². The van der Waals surface area contributed by atoms with E-state index in [1.165, 1.54) is 25.3 Å². The number of rotatable bonds is 7. The van der Waals surface area contributed by atoms with Crippen LogP contribution in [0.1, 0.15) is 38.7 Å². The Morgan fingerprint density at radius 2 is 2.00 bits per heavy atom. The molecule has 17 heavy (non-hydrogen) atoms. The Morgan fingerprint density at radius 3 is 2.59 bits per heavy atom. The monoisotopic (exact) mass is 300 g/mol. The molecule has 0 N–H and O–H groups in total. The minimum Gasteiger partial charge on any atom is -0.207 e. The molecule has 1 aromatic carbocycles. The number of hydrogen-bond acceptors (Lipinski definition) is 0. The summed E-state index contributed by atoms with van der Waals surface area (Å²) in [5.74, 6) is 1.27. The summed E-state index contributed by atoms with van der Waals surface area (Å²) in [5, 5.41) is 1.00. The van der Waals surface area contributed by atoms with Gasteiger partial charge >= 0.3 is 0 Å². The van der Waals surface area contributed by atoms with E-state index in [2.05, 4.69) is 29.8 Å². The number of benzene rings is 1. The highest BCUT2D eigenvalue weighted by Crippen LogP contribution is 2.19. The summed E-state index contributed by atoms with van der Waals surface area (Å²) in [7, 11) is 0. The summed E-state index contributed by atoms with van der Waals surface area (Å²) >= 11 is 3.57. The summed E-state index contributed by atoms with van der Waals surface area (Å²) in [6.45, 7) is 4.52. The van der Waals surface area contributed by atoms with Gasteiger partial charge in [-0.2, -0.15) is 0 Å². The molecule has 0 aliphatic carbocycles. The van der Waals surface area contributed by atoms with Crippen LogP contribution in [0.15, 0.2) is 24.3 Å². The molecule has 0 heterocycles. The lowest BCUT2D eigenvalue weighted by Crippen LogP contribution is -2.07. The van der Waals surface area contributed by atoms with Gasteiger partial charge in [0.2, 0.25) is 0 Å². The maximum atomic E-state index is 13.1. The lowest BCUT2D eigenvalue weighted by molar-refractivity contribution is 0.462. The SMILES string of the molecule is CC(C)CCCC(CBr)Cc1cccc(F)c1. The van der Waals surface area contributed by atoms with Crippen LogP contribution in [0.3, 0.4) is 0 Å². The second-order valence-electron chi connectivity index (χ2n) is 5.18. The van der Waals surface area contributed by atoms with Crippen molar-refractivity contribution < 1.29 is 4.39 Å². The maximum Gasteiger partial charge on any atom is 0.123 e. The molecule has 0 radical (unpaired) electrons. The average molecular weight is 301 g/mol. The van der Waals surface area contributed by atoms with E-state index in [0.717, 1.165) is 23.2 Å². The van der Waals surface area contributed by atoms with Crippen molar-refractivity contribution in [3.63, 3.8) is 0 Å². The Labute approximate surface area is 113 Å². The highest BCUT2D eigenvalue weighted by atomic mass is 79.9. The Hall–Kier alpha value is -0.370. The number of halogens is 2. The summed E-state index contributed by atoms with van der Waals surface area (Å²) in [6, 6.07) is 6.97. The molecule has 1 aromatic rings. The normalized spacial score (nSPS) is 13.0. The van der Waals surface area contributed by atoms with Crippen LogP contribution in [-0.2, 0) is 6.42 Å². The summed E-state index contributed by atoms with van der Waals surface area (Å²) in [4.78, 5) is 0. The topological polar surface area (TPSA) is 0 Å². The van der Waals surface area contributed by atoms with Crippen LogP contribution in [0, 0.1) is 17.7 Å². The van der Waals surface area contributed by atoms with Crippen molar-refractivity contribution in [2.24, 2.45) is 11.8 Å². The standard InChI is InChI=1S/C15H22BrF/c1-12(2)5-3-7-14(11-16)9-13-6-4-8-15(17)10-13/h4,6,8,10,12,14H,3,5,7,9,11H2,1-2H3. The maximum absolute atomic E-state index is 13.1. The molecule has 96 valence electrons. The van der Waals surface area contributed by atoms with Gasteiger partial charge in [-0.3, -0.25) is 0 Å². The average Bonchev–Trinajstić information content (AvgIpc) is 2.27. The van der Waals surface area contributed by atoms with Gasteiger partial charge in [-0.05, 0) is 42.4 Å². The van der Waals surface area contributed by atoms with E-state index < -0.39 is 0 Å². The van der Waals surface area contributed by atoms with Gasteiger partial charge in [0.25, 0.3) is 0 Å². The van der Waals surface area contributed by atoms with E-state index in [1.54, 1.807) is 12.1 Å². The predicted molar refractivity (Wildman–Crippen MR) is 76.1 cm³/mol. The first-order valence-corrected chi connectivity index (χ1v) is 7.54. The molecule has 0 nitrogen and oxygen atoms in total. The van der Waals surface area contributed by atoms with E-state index in [4.69, 9.17) is 0 Å². The number of alkyl halides is 1. The van der Waals surface area contributed by atoms with E-state index in [1.807, 2.05) is 6.07 Å².